The first-order valence-corrected chi connectivity index (χ1v) is 10.1. The van der Waals surface area contributed by atoms with Crippen LogP contribution in [0.25, 0.3) is 33.5 Å². The van der Waals surface area contributed by atoms with Crippen LogP contribution in [0.1, 0.15) is 28.2 Å². The fourth-order valence-corrected chi connectivity index (χ4v) is 3.72. The molecule has 0 spiro atoms. The third-order valence-corrected chi connectivity index (χ3v) is 5.49. The van der Waals surface area contributed by atoms with E-state index in [-0.39, 0.29) is 23.5 Å². The topological polar surface area (TPSA) is 107 Å². The number of benzene rings is 1. The summed E-state index contributed by atoms with van der Waals surface area (Å²) < 4.78 is 4.48. The number of hydrogen-bond acceptors (Lipinski definition) is 7. The van der Waals surface area contributed by atoms with Crippen molar-refractivity contribution in [1.82, 2.24) is 24.6 Å². The van der Waals surface area contributed by atoms with Crippen molar-refractivity contribution >= 4 is 34.2 Å². The van der Waals surface area contributed by atoms with Crippen LogP contribution in [0.5, 0.6) is 0 Å². The van der Waals surface area contributed by atoms with Gasteiger partial charge in [0.1, 0.15) is 11.4 Å². The zero-order valence-electron chi connectivity index (χ0n) is 15.7. The second kappa shape index (κ2) is 6.89. The van der Waals surface area contributed by atoms with Crippen LogP contribution in [-0.4, -0.2) is 31.3 Å². The molecular formula is C21H18N6OS. The van der Waals surface area contributed by atoms with Gasteiger partial charge >= 0.3 is 0 Å². The number of aromatic nitrogens is 4. The highest BCUT2D eigenvalue weighted by Gasteiger charge is 2.27. The average molecular weight is 402 g/mol. The van der Waals surface area contributed by atoms with Crippen LogP contribution in [0.4, 0.5) is 5.82 Å². The second-order valence-corrected chi connectivity index (χ2v) is 8.15. The lowest BCUT2D eigenvalue weighted by Crippen LogP contribution is -2.28. The van der Waals surface area contributed by atoms with Crippen molar-refractivity contribution < 1.29 is 4.79 Å². The molecule has 7 nitrogen and oxygen atoms in total. The van der Waals surface area contributed by atoms with Gasteiger partial charge in [0.2, 0.25) is 0 Å². The lowest BCUT2D eigenvalue weighted by Gasteiger charge is -2.12. The molecule has 5 rings (SSSR count). The van der Waals surface area contributed by atoms with Gasteiger partial charge in [-0.2, -0.15) is 4.37 Å². The van der Waals surface area contributed by atoms with Gasteiger partial charge in [0.15, 0.2) is 11.5 Å². The predicted molar refractivity (Wildman–Crippen MR) is 114 cm³/mol. The van der Waals surface area contributed by atoms with Gasteiger partial charge in [0, 0.05) is 28.1 Å². The monoisotopic (exact) mass is 402 g/mol. The van der Waals surface area contributed by atoms with Gasteiger partial charge in [0.25, 0.3) is 5.91 Å². The van der Waals surface area contributed by atoms with Gasteiger partial charge in [0.05, 0.1) is 11.2 Å². The number of fused-ring (bicyclic) bond motifs is 1. The first-order valence-electron chi connectivity index (χ1n) is 9.36. The van der Waals surface area contributed by atoms with E-state index in [9.17, 15) is 4.79 Å². The van der Waals surface area contributed by atoms with Gasteiger partial charge in [-0.15, -0.1) is 0 Å². The minimum atomic E-state index is -0.290. The van der Waals surface area contributed by atoms with Crippen LogP contribution in [0, 0.1) is 6.92 Å². The number of pyridine rings is 1. The van der Waals surface area contributed by atoms with E-state index < -0.39 is 0 Å². The molecule has 3 aromatic heterocycles. The van der Waals surface area contributed by atoms with Crippen LogP contribution < -0.4 is 11.1 Å². The molecule has 1 amide bonds. The normalized spacial score (nSPS) is 13.6. The maximum atomic E-state index is 12.6. The Hall–Kier alpha value is -3.39. The molecule has 3 N–H and O–H groups in total. The number of carbonyl (C=O) groups excluding carboxylic acids is 1. The van der Waals surface area contributed by atoms with E-state index in [0.717, 1.165) is 34.2 Å². The third kappa shape index (κ3) is 3.42. The Morgan fingerprint density at radius 3 is 2.79 bits per heavy atom. The van der Waals surface area contributed by atoms with Gasteiger partial charge in [-0.25, -0.2) is 9.97 Å². The van der Waals surface area contributed by atoms with Crippen LogP contribution in [0.15, 0.2) is 42.6 Å². The van der Waals surface area contributed by atoms with E-state index in [1.54, 1.807) is 6.20 Å². The number of nitrogens with one attached hydrogen (secondary N) is 1. The summed E-state index contributed by atoms with van der Waals surface area (Å²) in [6.45, 7) is 1.98. The molecule has 0 bridgehead atoms. The van der Waals surface area contributed by atoms with E-state index in [1.807, 2.05) is 43.3 Å². The number of carbonyl (C=O) groups is 1. The number of hydrogen-bond donors (Lipinski definition) is 2. The van der Waals surface area contributed by atoms with E-state index in [0.29, 0.717) is 17.1 Å². The van der Waals surface area contributed by atoms with Crippen LogP contribution in [-0.2, 0) is 0 Å². The Balaban J connectivity index is 1.69. The molecule has 1 aliphatic carbocycles. The molecule has 0 saturated heterocycles. The van der Waals surface area contributed by atoms with Crippen molar-refractivity contribution in [2.24, 2.45) is 0 Å². The number of aryl methyl sites for hydroxylation is 1. The summed E-state index contributed by atoms with van der Waals surface area (Å²) in [5, 5.41) is 3.92. The minimum Gasteiger partial charge on any atom is -0.382 e. The maximum absolute atomic E-state index is 12.6. The molecule has 1 saturated carbocycles. The molecule has 0 radical (unpaired) electrons. The summed E-state index contributed by atoms with van der Waals surface area (Å²) in [4.78, 5) is 27.3. The van der Waals surface area contributed by atoms with Crippen LogP contribution >= 0.6 is 11.5 Å². The second-order valence-electron chi connectivity index (χ2n) is 7.14. The first kappa shape index (κ1) is 17.7. The molecule has 29 heavy (non-hydrogen) atoms. The molecule has 1 fully saturated rings. The van der Waals surface area contributed by atoms with Crippen molar-refractivity contribution in [2.45, 2.75) is 25.8 Å². The molecule has 3 heterocycles. The van der Waals surface area contributed by atoms with Crippen molar-refractivity contribution in [1.29, 1.82) is 0 Å². The molecule has 1 aliphatic rings. The van der Waals surface area contributed by atoms with Gasteiger partial charge in [-0.1, -0.05) is 12.1 Å². The fourth-order valence-electron chi connectivity index (χ4n) is 3.18. The summed E-state index contributed by atoms with van der Waals surface area (Å²) in [6.07, 6.45) is 3.73. The van der Waals surface area contributed by atoms with Gasteiger partial charge < -0.3 is 11.1 Å². The Labute approximate surface area is 171 Å². The van der Waals surface area contributed by atoms with E-state index in [1.165, 1.54) is 11.5 Å². The van der Waals surface area contributed by atoms with E-state index in [4.69, 9.17) is 5.73 Å². The Bertz CT molecular complexity index is 1250. The average Bonchev–Trinajstić information content (AvgIpc) is 3.44. The van der Waals surface area contributed by atoms with Crippen molar-refractivity contribution in [3.05, 3.63) is 53.2 Å². The fraction of sp³-hybridized carbons (Fsp3) is 0.190. The Morgan fingerprint density at radius 2 is 2.03 bits per heavy atom. The molecule has 4 aromatic rings. The van der Waals surface area contributed by atoms with Crippen LogP contribution in [0.3, 0.4) is 0 Å². The standard InChI is InChI=1S/C21H18N6OS/c1-11-9-16(27-29-11)18-17(13-4-7-15-12(10-13)3-2-8-23-15)25-19(20(22)26-18)21(28)24-14-5-6-14/h2-4,7-10,14H,5-6H2,1H3,(H2,22,26)(H,24,28). The molecule has 144 valence electrons. The largest absolute Gasteiger partial charge is 0.382 e. The number of amides is 1. The molecule has 0 aliphatic heterocycles. The van der Waals surface area contributed by atoms with Gasteiger partial charge in [-0.3, -0.25) is 9.78 Å². The highest BCUT2D eigenvalue weighted by Crippen LogP contribution is 2.33. The summed E-state index contributed by atoms with van der Waals surface area (Å²) in [5.74, 6) is -0.183. The zero-order chi connectivity index (χ0) is 20.0. The quantitative estimate of drug-likeness (QED) is 0.540. The predicted octanol–water partition coefficient (Wildman–Crippen LogP) is 3.60. The molecule has 8 heteroatoms. The van der Waals surface area contributed by atoms with Gasteiger partial charge in [-0.05, 0) is 55.6 Å². The lowest BCUT2D eigenvalue weighted by atomic mass is 10.0. The number of anilines is 1. The maximum Gasteiger partial charge on any atom is 0.273 e. The zero-order valence-corrected chi connectivity index (χ0v) is 16.5. The third-order valence-electron chi connectivity index (χ3n) is 4.80. The minimum absolute atomic E-state index is 0.106. The van der Waals surface area contributed by atoms with E-state index >= 15 is 0 Å². The summed E-state index contributed by atoms with van der Waals surface area (Å²) in [7, 11) is 0. The molecule has 0 atom stereocenters. The van der Waals surface area contributed by atoms with Crippen molar-refractivity contribution in [3.8, 4) is 22.6 Å². The Kier molecular flexibility index (Phi) is 4.21. The van der Waals surface area contributed by atoms with E-state index in [2.05, 4.69) is 24.6 Å². The molecule has 0 unspecified atom stereocenters. The Morgan fingerprint density at radius 1 is 1.17 bits per heavy atom. The van der Waals surface area contributed by atoms with Crippen molar-refractivity contribution in [2.75, 3.05) is 5.73 Å². The number of nitrogen functional groups attached to an aromatic ring is 1. The highest BCUT2D eigenvalue weighted by molar-refractivity contribution is 7.05. The summed E-state index contributed by atoms with van der Waals surface area (Å²) in [6, 6.07) is 11.9. The summed E-state index contributed by atoms with van der Waals surface area (Å²) in [5.41, 5.74) is 9.84. The SMILES string of the molecule is Cc1cc(-c2nc(N)c(C(=O)NC3CC3)nc2-c2ccc3ncccc3c2)ns1. The summed E-state index contributed by atoms with van der Waals surface area (Å²) >= 11 is 1.39. The number of rotatable bonds is 4. The lowest BCUT2D eigenvalue weighted by molar-refractivity contribution is 0.0947. The highest BCUT2D eigenvalue weighted by atomic mass is 32.1. The molecular weight excluding hydrogens is 384 g/mol. The molecule has 1 aromatic carbocycles. The number of nitrogens with two attached hydrogens (primary N) is 1. The smallest absolute Gasteiger partial charge is 0.273 e. The van der Waals surface area contributed by atoms with Crippen LogP contribution in [0.2, 0.25) is 0 Å². The van der Waals surface area contributed by atoms with Crippen molar-refractivity contribution in [3.63, 3.8) is 0 Å². The number of nitrogens with zero attached hydrogens (tertiary/aromatic N) is 4. The first-order chi connectivity index (χ1) is 14.1.